The Kier molecular flexibility index (Phi) is 3.68. The second-order valence-electron chi connectivity index (χ2n) is 2.89. The summed E-state index contributed by atoms with van der Waals surface area (Å²) in [6, 6.07) is 6.01. The molecule has 0 aromatic heterocycles. The number of rotatable bonds is 3. The van der Waals surface area contributed by atoms with Crippen LogP contribution in [-0.2, 0) is 9.53 Å². The molecule has 0 aliphatic rings. The molecule has 0 saturated carbocycles. The average molecular weight is 229 g/mol. The Bertz CT molecular complexity index is 372. The summed E-state index contributed by atoms with van der Waals surface area (Å²) < 4.78 is 4.66. The van der Waals surface area contributed by atoms with Crippen LogP contribution in [-0.4, -0.2) is 23.1 Å². The first-order valence-corrected chi connectivity index (χ1v) is 4.58. The molecule has 1 aromatic rings. The van der Waals surface area contributed by atoms with E-state index in [1.54, 1.807) is 0 Å². The lowest BCUT2D eigenvalue weighted by Crippen LogP contribution is -2.23. The number of esters is 1. The first-order chi connectivity index (χ1) is 7.00. The van der Waals surface area contributed by atoms with E-state index in [-0.39, 0.29) is 5.56 Å². The maximum atomic E-state index is 11.3. The normalized spacial score (nSPS) is 11.9. The highest BCUT2D eigenvalue weighted by atomic mass is 35.5. The average Bonchev–Trinajstić information content (AvgIpc) is 2.18. The van der Waals surface area contributed by atoms with Crippen LogP contribution in [0.25, 0.3) is 0 Å². The minimum absolute atomic E-state index is 0.271. The molecular weight excluding hydrogens is 220 g/mol. The fraction of sp³-hybridized carbons (Fsp3) is 0.200. The first-order valence-electron chi connectivity index (χ1n) is 4.20. The van der Waals surface area contributed by atoms with E-state index in [2.05, 4.69) is 4.74 Å². The third kappa shape index (κ3) is 3.25. The van der Waals surface area contributed by atoms with Crippen molar-refractivity contribution in [3.8, 4) is 0 Å². The number of aliphatic carboxylic acids is 1. The van der Waals surface area contributed by atoms with Crippen molar-refractivity contribution in [3.05, 3.63) is 34.9 Å². The Morgan fingerprint density at radius 3 is 2.33 bits per heavy atom. The fourth-order valence-electron chi connectivity index (χ4n) is 0.865. The number of hydrogen-bond donors (Lipinski definition) is 1. The van der Waals surface area contributed by atoms with Crippen LogP contribution in [0.3, 0.4) is 0 Å². The van der Waals surface area contributed by atoms with Gasteiger partial charge in [0.2, 0.25) is 0 Å². The van der Waals surface area contributed by atoms with Gasteiger partial charge in [0, 0.05) is 5.02 Å². The molecule has 5 heteroatoms. The Morgan fingerprint density at radius 2 is 1.87 bits per heavy atom. The minimum atomic E-state index is -1.18. The van der Waals surface area contributed by atoms with Gasteiger partial charge in [0.1, 0.15) is 0 Å². The summed E-state index contributed by atoms with van der Waals surface area (Å²) in [5, 5.41) is 9.02. The molecule has 0 heterocycles. The van der Waals surface area contributed by atoms with Crippen LogP contribution in [0.4, 0.5) is 0 Å². The lowest BCUT2D eigenvalue weighted by Gasteiger charge is -2.08. The third-order valence-corrected chi connectivity index (χ3v) is 1.96. The number of ether oxygens (including phenoxy) is 1. The number of carbonyl (C=O) groups is 2. The van der Waals surface area contributed by atoms with Gasteiger partial charge in [-0.15, -0.1) is 0 Å². The standard InChI is InChI=1S/C10H9ClO4/c1-6(9(12)13)15-10(14)7-2-4-8(11)5-3-7/h2-6H,1H3,(H,12,13). The third-order valence-electron chi connectivity index (χ3n) is 1.71. The molecule has 0 saturated heterocycles. The molecule has 0 aliphatic heterocycles. The highest BCUT2D eigenvalue weighted by Gasteiger charge is 2.17. The summed E-state index contributed by atoms with van der Waals surface area (Å²) in [5.74, 6) is -1.86. The largest absolute Gasteiger partial charge is 0.479 e. The highest BCUT2D eigenvalue weighted by Crippen LogP contribution is 2.11. The summed E-state index contributed by atoms with van der Waals surface area (Å²) in [4.78, 5) is 21.8. The monoisotopic (exact) mass is 228 g/mol. The molecule has 0 spiro atoms. The fourth-order valence-corrected chi connectivity index (χ4v) is 0.991. The van der Waals surface area contributed by atoms with Gasteiger partial charge in [-0.05, 0) is 31.2 Å². The van der Waals surface area contributed by atoms with Gasteiger partial charge in [-0.1, -0.05) is 11.6 Å². The Morgan fingerprint density at radius 1 is 1.33 bits per heavy atom. The smallest absolute Gasteiger partial charge is 0.344 e. The Labute approximate surface area is 91.4 Å². The molecule has 0 radical (unpaired) electrons. The van der Waals surface area contributed by atoms with Gasteiger partial charge in [0.15, 0.2) is 6.10 Å². The van der Waals surface area contributed by atoms with Crippen molar-refractivity contribution in [1.82, 2.24) is 0 Å². The van der Waals surface area contributed by atoms with Crippen molar-refractivity contribution in [1.29, 1.82) is 0 Å². The Balaban J connectivity index is 2.69. The van der Waals surface area contributed by atoms with E-state index in [1.165, 1.54) is 31.2 Å². The molecule has 1 unspecified atom stereocenters. The molecule has 80 valence electrons. The minimum Gasteiger partial charge on any atom is -0.479 e. The number of carbonyl (C=O) groups excluding carboxylic acids is 1. The van der Waals surface area contributed by atoms with Crippen LogP contribution in [0, 0.1) is 0 Å². The molecular formula is C10H9ClO4. The molecule has 1 rings (SSSR count). The van der Waals surface area contributed by atoms with Crippen molar-refractivity contribution in [2.24, 2.45) is 0 Å². The predicted molar refractivity (Wildman–Crippen MR) is 54.0 cm³/mol. The van der Waals surface area contributed by atoms with Crippen LogP contribution in [0.1, 0.15) is 17.3 Å². The molecule has 0 amide bonds. The number of hydrogen-bond acceptors (Lipinski definition) is 3. The first kappa shape index (κ1) is 11.5. The van der Waals surface area contributed by atoms with Crippen molar-refractivity contribution in [2.75, 3.05) is 0 Å². The van der Waals surface area contributed by atoms with E-state index in [9.17, 15) is 9.59 Å². The lowest BCUT2D eigenvalue weighted by atomic mass is 10.2. The van der Waals surface area contributed by atoms with Gasteiger partial charge in [0.05, 0.1) is 5.56 Å². The van der Waals surface area contributed by atoms with Gasteiger partial charge in [-0.3, -0.25) is 0 Å². The van der Waals surface area contributed by atoms with E-state index < -0.39 is 18.0 Å². The van der Waals surface area contributed by atoms with E-state index in [4.69, 9.17) is 16.7 Å². The topological polar surface area (TPSA) is 63.6 Å². The molecule has 1 atom stereocenters. The number of halogens is 1. The molecule has 0 bridgehead atoms. The summed E-state index contributed by atoms with van der Waals surface area (Å²) in [6.45, 7) is 1.29. The highest BCUT2D eigenvalue weighted by molar-refractivity contribution is 6.30. The molecule has 4 nitrogen and oxygen atoms in total. The second kappa shape index (κ2) is 4.79. The Hall–Kier alpha value is -1.55. The molecule has 0 fully saturated rings. The molecule has 0 aliphatic carbocycles. The van der Waals surface area contributed by atoms with Crippen molar-refractivity contribution < 1.29 is 19.4 Å². The summed E-state index contributed by atoms with van der Waals surface area (Å²) >= 11 is 5.63. The summed E-state index contributed by atoms with van der Waals surface area (Å²) in [5.41, 5.74) is 0.271. The van der Waals surface area contributed by atoms with Crippen molar-refractivity contribution in [2.45, 2.75) is 13.0 Å². The van der Waals surface area contributed by atoms with Crippen LogP contribution < -0.4 is 0 Å². The zero-order chi connectivity index (χ0) is 11.4. The zero-order valence-electron chi connectivity index (χ0n) is 7.94. The zero-order valence-corrected chi connectivity index (χ0v) is 8.69. The van der Waals surface area contributed by atoms with Crippen molar-refractivity contribution in [3.63, 3.8) is 0 Å². The van der Waals surface area contributed by atoms with Crippen LogP contribution in [0.15, 0.2) is 24.3 Å². The van der Waals surface area contributed by atoms with Gasteiger partial charge in [-0.25, -0.2) is 9.59 Å². The maximum Gasteiger partial charge on any atom is 0.344 e. The number of benzene rings is 1. The maximum absolute atomic E-state index is 11.3. The molecule has 1 N–H and O–H groups in total. The molecule has 15 heavy (non-hydrogen) atoms. The van der Waals surface area contributed by atoms with Gasteiger partial charge < -0.3 is 9.84 Å². The van der Waals surface area contributed by atoms with Crippen LogP contribution in [0.5, 0.6) is 0 Å². The van der Waals surface area contributed by atoms with E-state index >= 15 is 0 Å². The SMILES string of the molecule is CC(OC(=O)c1ccc(Cl)cc1)C(=O)O. The lowest BCUT2D eigenvalue weighted by molar-refractivity contribution is -0.146. The van der Waals surface area contributed by atoms with Crippen molar-refractivity contribution >= 4 is 23.5 Å². The quantitative estimate of drug-likeness (QED) is 0.804. The van der Waals surface area contributed by atoms with Gasteiger partial charge >= 0.3 is 11.9 Å². The van der Waals surface area contributed by atoms with E-state index in [0.29, 0.717) is 5.02 Å². The van der Waals surface area contributed by atoms with Crippen LogP contribution >= 0.6 is 11.6 Å². The van der Waals surface area contributed by atoms with Gasteiger partial charge in [0.25, 0.3) is 0 Å². The summed E-state index contributed by atoms with van der Waals surface area (Å²) in [6.07, 6.45) is -1.16. The number of carboxylic acids is 1. The number of carboxylic acid groups (broad SMARTS) is 1. The predicted octanol–water partition coefficient (Wildman–Crippen LogP) is 1.97. The van der Waals surface area contributed by atoms with Crippen LogP contribution in [0.2, 0.25) is 5.02 Å². The molecule has 1 aromatic carbocycles. The summed E-state index contributed by atoms with van der Waals surface area (Å²) in [7, 11) is 0. The van der Waals surface area contributed by atoms with E-state index in [0.717, 1.165) is 0 Å². The van der Waals surface area contributed by atoms with E-state index in [1.807, 2.05) is 0 Å². The van der Waals surface area contributed by atoms with Gasteiger partial charge in [-0.2, -0.15) is 0 Å². The second-order valence-corrected chi connectivity index (χ2v) is 3.33.